The summed E-state index contributed by atoms with van der Waals surface area (Å²) in [5.41, 5.74) is 1.74. The minimum absolute atomic E-state index is 0.0604. The van der Waals surface area contributed by atoms with Gasteiger partial charge in [0.15, 0.2) is 11.2 Å². The van der Waals surface area contributed by atoms with Crippen molar-refractivity contribution in [2.24, 2.45) is 0 Å². The van der Waals surface area contributed by atoms with Gasteiger partial charge in [-0.2, -0.15) is 0 Å². The Kier molecular flexibility index (Phi) is 5.25. The van der Waals surface area contributed by atoms with Crippen molar-refractivity contribution in [3.63, 3.8) is 0 Å². The smallest absolute Gasteiger partial charge is 0.291 e. The summed E-state index contributed by atoms with van der Waals surface area (Å²) in [5.74, 6) is 0.0310. The Morgan fingerprint density at radius 3 is 2.28 bits per heavy atom. The summed E-state index contributed by atoms with van der Waals surface area (Å²) >= 11 is 0. The molecule has 0 saturated carbocycles. The predicted molar refractivity (Wildman–Crippen MR) is 123 cm³/mol. The second-order valence-electron chi connectivity index (χ2n) is 7.51. The topological polar surface area (TPSA) is 91.6 Å². The number of nitrogens with zero attached hydrogens (tertiary/aromatic N) is 4. The maximum atomic E-state index is 12.6. The van der Waals surface area contributed by atoms with Crippen LogP contribution in [0.3, 0.4) is 0 Å². The van der Waals surface area contributed by atoms with E-state index in [1.807, 2.05) is 18.2 Å². The third-order valence-electron chi connectivity index (χ3n) is 5.44. The van der Waals surface area contributed by atoms with Crippen molar-refractivity contribution in [3.8, 4) is 0 Å². The number of hydrogen-bond acceptors (Lipinski definition) is 7. The predicted octanol–water partition coefficient (Wildman–Crippen LogP) is 3.16. The number of hydrogen-bond donors (Lipinski definition) is 1. The number of rotatable bonds is 4. The van der Waals surface area contributed by atoms with E-state index in [-0.39, 0.29) is 11.2 Å². The van der Waals surface area contributed by atoms with Crippen LogP contribution in [0, 0.1) is 0 Å². The minimum atomic E-state index is -0.527. The molecule has 8 nitrogen and oxygen atoms in total. The molecular weight excluding hydrogens is 406 g/mol. The van der Waals surface area contributed by atoms with Gasteiger partial charge in [-0.15, -0.1) is 0 Å². The van der Waals surface area contributed by atoms with Crippen molar-refractivity contribution in [1.29, 1.82) is 0 Å². The van der Waals surface area contributed by atoms with E-state index in [9.17, 15) is 9.59 Å². The molecule has 1 amide bonds. The van der Waals surface area contributed by atoms with Gasteiger partial charge in [-0.05, 0) is 24.3 Å². The molecule has 32 heavy (non-hydrogen) atoms. The van der Waals surface area contributed by atoms with Crippen molar-refractivity contribution < 1.29 is 9.21 Å². The van der Waals surface area contributed by atoms with Crippen LogP contribution in [0.1, 0.15) is 10.6 Å². The lowest BCUT2D eigenvalue weighted by Crippen LogP contribution is -2.47. The van der Waals surface area contributed by atoms with Crippen LogP contribution in [0.25, 0.3) is 11.0 Å². The first-order valence-electron chi connectivity index (χ1n) is 10.4. The lowest BCUT2D eigenvalue weighted by Gasteiger charge is -2.36. The van der Waals surface area contributed by atoms with Crippen molar-refractivity contribution in [2.75, 3.05) is 41.3 Å². The van der Waals surface area contributed by atoms with Crippen LogP contribution in [0.2, 0.25) is 0 Å². The average Bonchev–Trinajstić information content (AvgIpc) is 2.85. The molecule has 1 saturated heterocycles. The molecule has 0 radical (unpaired) electrons. The molecule has 5 rings (SSSR count). The van der Waals surface area contributed by atoms with Crippen LogP contribution in [0.15, 0.2) is 82.3 Å². The standard InChI is InChI=1S/C24H21N5O3/c30-20-14-22(32-21-9-5-4-8-19(20)21)23(31)27-17-15-25-24(26-16-17)29-12-10-28(11-13-29)18-6-2-1-3-7-18/h1-9,14-16H,10-13H2,(H,27,31). The molecule has 2 aromatic carbocycles. The van der Waals surface area contributed by atoms with E-state index < -0.39 is 5.91 Å². The van der Waals surface area contributed by atoms with E-state index >= 15 is 0 Å². The van der Waals surface area contributed by atoms with Crippen LogP contribution < -0.4 is 20.5 Å². The van der Waals surface area contributed by atoms with Gasteiger partial charge in [0, 0.05) is 37.9 Å². The fourth-order valence-electron chi connectivity index (χ4n) is 3.76. The van der Waals surface area contributed by atoms with Gasteiger partial charge in [0.1, 0.15) is 5.58 Å². The molecule has 8 heteroatoms. The summed E-state index contributed by atoms with van der Waals surface area (Å²) in [7, 11) is 0. The number of para-hydroxylation sites is 2. The van der Waals surface area contributed by atoms with E-state index in [1.54, 1.807) is 36.7 Å². The SMILES string of the molecule is O=C(Nc1cnc(N2CCN(c3ccccc3)CC2)nc1)c1cc(=O)c2ccccc2o1. The highest BCUT2D eigenvalue weighted by atomic mass is 16.3. The Morgan fingerprint density at radius 2 is 1.53 bits per heavy atom. The number of aromatic nitrogens is 2. The number of benzene rings is 2. The third kappa shape index (κ3) is 4.02. The lowest BCUT2D eigenvalue weighted by molar-refractivity contribution is 0.0997. The van der Waals surface area contributed by atoms with Crippen molar-refractivity contribution in [1.82, 2.24) is 9.97 Å². The lowest BCUT2D eigenvalue weighted by atomic mass is 10.2. The zero-order chi connectivity index (χ0) is 21.9. The summed E-state index contributed by atoms with van der Waals surface area (Å²) < 4.78 is 5.58. The molecule has 160 valence electrons. The molecule has 2 aromatic heterocycles. The van der Waals surface area contributed by atoms with E-state index in [1.165, 1.54) is 11.8 Å². The van der Waals surface area contributed by atoms with Crippen LogP contribution in [-0.2, 0) is 0 Å². The van der Waals surface area contributed by atoms with Gasteiger partial charge in [-0.1, -0.05) is 30.3 Å². The first kappa shape index (κ1) is 19.7. The monoisotopic (exact) mass is 427 g/mol. The summed E-state index contributed by atoms with van der Waals surface area (Å²) in [6.45, 7) is 3.38. The summed E-state index contributed by atoms with van der Waals surface area (Å²) in [5, 5.41) is 3.12. The highest BCUT2D eigenvalue weighted by Gasteiger charge is 2.19. The van der Waals surface area contributed by atoms with Crippen molar-refractivity contribution >= 4 is 34.2 Å². The summed E-state index contributed by atoms with van der Waals surface area (Å²) in [6, 6.07) is 18.3. The fraction of sp³-hybridized carbons (Fsp3) is 0.167. The number of fused-ring (bicyclic) bond motifs is 1. The molecule has 0 bridgehead atoms. The number of piperazine rings is 1. The molecule has 0 unspecified atom stereocenters. The molecule has 1 fully saturated rings. The zero-order valence-corrected chi connectivity index (χ0v) is 17.3. The Bertz CT molecular complexity index is 1300. The van der Waals surface area contributed by atoms with Crippen LogP contribution >= 0.6 is 0 Å². The van der Waals surface area contributed by atoms with E-state index in [2.05, 4.69) is 37.2 Å². The quantitative estimate of drug-likeness (QED) is 0.535. The molecule has 4 aromatic rings. The maximum absolute atomic E-state index is 12.6. The molecule has 0 spiro atoms. The van der Waals surface area contributed by atoms with Gasteiger partial charge in [0.05, 0.1) is 23.5 Å². The molecule has 0 aliphatic carbocycles. The van der Waals surface area contributed by atoms with Crippen LogP contribution in [0.5, 0.6) is 0 Å². The Morgan fingerprint density at radius 1 is 0.875 bits per heavy atom. The molecular formula is C24H21N5O3. The molecule has 3 heterocycles. The average molecular weight is 427 g/mol. The molecule has 1 N–H and O–H groups in total. The second-order valence-corrected chi connectivity index (χ2v) is 7.51. The van der Waals surface area contributed by atoms with Gasteiger partial charge < -0.3 is 19.5 Å². The molecule has 0 atom stereocenters. The van der Waals surface area contributed by atoms with Gasteiger partial charge >= 0.3 is 0 Å². The fourth-order valence-corrected chi connectivity index (χ4v) is 3.76. The highest BCUT2D eigenvalue weighted by molar-refractivity contribution is 6.02. The highest BCUT2D eigenvalue weighted by Crippen LogP contribution is 2.19. The summed E-state index contributed by atoms with van der Waals surface area (Å²) in [6.07, 6.45) is 3.12. The molecule has 1 aliphatic rings. The first-order chi connectivity index (χ1) is 15.7. The Labute approximate surface area is 184 Å². The Hall–Kier alpha value is -4.20. The van der Waals surface area contributed by atoms with E-state index in [0.717, 1.165) is 26.2 Å². The third-order valence-corrected chi connectivity index (χ3v) is 5.44. The van der Waals surface area contributed by atoms with E-state index in [0.29, 0.717) is 22.6 Å². The zero-order valence-electron chi connectivity index (χ0n) is 17.3. The maximum Gasteiger partial charge on any atom is 0.291 e. The number of carbonyl (C=O) groups excluding carboxylic acids is 1. The van der Waals surface area contributed by atoms with Crippen molar-refractivity contribution in [3.05, 3.63) is 89.0 Å². The minimum Gasteiger partial charge on any atom is -0.451 e. The normalized spacial score (nSPS) is 13.9. The van der Waals surface area contributed by atoms with Gasteiger partial charge in [0.25, 0.3) is 5.91 Å². The first-order valence-corrected chi connectivity index (χ1v) is 10.4. The van der Waals surface area contributed by atoms with Crippen LogP contribution in [0.4, 0.5) is 17.3 Å². The van der Waals surface area contributed by atoms with Crippen LogP contribution in [-0.4, -0.2) is 42.1 Å². The number of anilines is 3. The van der Waals surface area contributed by atoms with Crippen molar-refractivity contribution in [2.45, 2.75) is 0 Å². The Balaban J connectivity index is 1.24. The number of amides is 1. The number of carbonyl (C=O) groups is 1. The largest absolute Gasteiger partial charge is 0.451 e. The van der Waals surface area contributed by atoms with Gasteiger partial charge in [-0.25, -0.2) is 9.97 Å². The van der Waals surface area contributed by atoms with E-state index in [4.69, 9.17) is 4.42 Å². The summed E-state index contributed by atoms with van der Waals surface area (Å²) in [4.78, 5) is 38.0. The van der Waals surface area contributed by atoms with Gasteiger partial charge in [-0.3, -0.25) is 9.59 Å². The van der Waals surface area contributed by atoms with Gasteiger partial charge in [0.2, 0.25) is 5.95 Å². The number of nitrogens with one attached hydrogen (secondary N) is 1. The second kappa shape index (κ2) is 8.50. The molecule has 1 aliphatic heterocycles.